The molecule has 0 radical (unpaired) electrons. The van der Waals surface area contributed by atoms with Crippen LogP contribution in [-0.2, 0) is 10.0 Å². The van der Waals surface area contributed by atoms with Crippen LogP contribution >= 0.6 is 28.1 Å². The fourth-order valence-electron chi connectivity index (χ4n) is 1.11. The monoisotopic (exact) mass is 350 g/mol. The van der Waals surface area contributed by atoms with Gasteiger partial charge in [-0.1, -0.05) is 28.1 Å². The molecular formula is C11H15BrN2O2S2. The summed E-state index contributed by atoms with van der Waals surface area (Å²) in [5.41, 5.74) is 6.47. The molecule has 1 aromatic rings. The van der Waals surface area contributed by atoms with Crippen molar-refractivity contribution in [2.75, 3.05) is 4.72 Å². The Morgan fingerprint density at radius 1 is 1.39 bits per heavy atom. The van der Waals surface area contributed by atoms with Gasteiger partial charge < -0.3 is 5.73 Å². The molecule has 0 saturated carbocycles. The Hall–Kier alpha value is -0.660. The van der Waals surface area contributed by atoms with Gasteiger partial charge in [-0.25, -0.2) is 8.42 Å². The van der Waals surface area contributed by atoms with Crippen molar-refractivity contribution in [1.82, 2.24) is 0 Å². The lowest BCUT2D eigenvalue weighted by atomic mass is 10.2. The molecule has 0 aliphatic heterocycles. The van der Waals surface area contributed by atoms with Gasteiger partial charge in [0.2, 0.25) is 10.0 Å². The SMILES string of the molecule is CC(C)(C)S(=O)(=O)Nc1ccc(Br)cc1C(N)=S. The van der Waals surface area contributed by atoms with Crippen LogP contribution < -0.4 is 10.5 Å². The molecule has 0 aliphatic rings. The van der Waals surface area contributed by atoms with Gasteiger partial charge >= 0.3 is 0 Å². The Balaban J connectivity index is 3.25. The molecule has 0 spiro atoms. The minimum atomic E-state index is -3.50. The maximum absolute atomic E-state index is 12.1. The lowest BCUT2D eigenvalue weighted by Gasteiger charge is -2.21. The molecular weight excluding hydrogens is 336 g/mol. The summed E-state index contributed by atoms with van der Waals surface area (Å²) in [7, 11) is -3.50. The van der Waals surface area contributed by atoms with Crippen LogP contribution in [0, 0.1) is 0 Å². The van der Waals surface area contributed by atoms with E-state index < -0.39 is 14.8 Å². The molecule has 0 aliphatic carbocycles. The van der Waals surface area contributed by atoms with Gasteiger partial charge in [0.05, 0.1) is 10.4 Å². The summed E-state index contributed by atoms with van der Waals surface area (Å²) in [4.78, 5) is 0.142. The van der Waals surface area contributed by atoms with Crippen molar-refractivity contribution in [1.29, 1.82) is 0 Å². The average molecular weight is 351 g/mol. The second kappa shape index (κ2) is 5.14. The highest BCUT2D eigenvalue weighted by Gasteiger charge is 2.29. The lowest BCUT2D eigenvalue weighted by molar-refractivity contribution is 0.566. The molecule has 100 valence electrons. The fraction of sp³-hybridized carbons (Fsp3) is 0.364. The molecule has 0 heterocycles. The number of halogens is 1. The highest BCUT2D eigenvalue weighted by Crippen LogP contribution is 2.25. The van der Waals surface area contributed by atoms with Crippen molar-refractivity contribution in [2.24, 2.45) is 5.73 Å². The Morgan fingerprint density at radius 3 is 2.39 bits per heavy atom. The average Bonchev–Trinajstić information content (AvgIpc) is 2.18. The summed E-state index contributed by atoms with van der Waals surface area (Å²) in [6.07, 6.45) is 0. The second-order valence-electron chi connectivity index (χ2n) is 4.77. The van der Waals surface area contributed by atoms with Gasteiger partial charge in [-0.2, -0.15) is 0 Å². The van der Waals surface area contributed by atoms with E-state index in [0.29, 0.717) is 11.3 Å². The topological polar surface area (TPSA) is 72.2 Å². The number of rotatable bonds is 3. The van der Waals surface area contributed by atoms with E-state index >= 15 is 0 Å². The van der Waals surface area contributed by atoms with E-state index in [1.54, 1.807) is 39.0 Å². The van der Waals surface area contributed by atoms with Gasteiger partial charge in [-0.3, -0.25) is 4.72 Å². The molecule has 0 atom stereocenters. The van der Waals surface area contributed by atoms with Crippen LogP contribution in [0.1, 0.15) is 26.3 Å². The van der Waals surface area contributed by atoms with Gasteiger partial charge in [0.25, 0.3) is 0 Å². The number of nitrogens with two attached hydrogens (primary N) is 1. The molecule has 1 aromatic carbocycles. The summed E-state index contributed by atoms with van der Waals surface area (Å²) in [5.74, 6) is 0. The van der Waals surface area contributed by atoms with Crippen LogP contribution in [0.4, 0.5) is 5.69 Å². The van der Waals surface area contributed by atoms with Crippen molar-refractivity contribution in [3.63, 3.8) is 0 Å². The third-order valence-electron chi connectivity index (χ3n) is 2.30. The van der Waals surface area contributed by atoms with Crippen molar-refractivity contribution in [3.8, 4) is 0 Å². The Morgan fingerprint density at radius 2 is 1.94 bits per heavy atom. The van der Waals surface area contributed by atoms with Crippen molar-refractivity contribution >= 4 is 48.8 Å². The molecule has 0 amide bonds. The number of anilines is 1. The zero-order chi connectivity index (χ0) is 14.1. The third-order valence-corrected chi connectivity index (χ3v) is 5.11. The molecule has 0 fully saturated rings. The molecule has 1 rings (SSSR count). The van der Waals surface area contributed by atoms with Gasteiger partial charge in [-0.05, 0) is 39.0 Å². The molecule has 0 saturated heterocycles. The van der Waals surface area contributed by atoms with E-state index in [2.05, 4.69) is 20.7 Å². The van der Waals surface area contributed by atoms with E-state index in [-0.39, 0.29) is 4.99 Å². The predicted octanol–water partition coefficient (Wildman–Crippen LogP) is 2.62. The zero-order valence-corrected chi connectivity index (χ0v) is 13.5. The van der Waals surface area contributed by atoms with E-state index in [1.807, 2.05) is 0 Å². The summed E-state index contributed by atoms with van der Waals surface area (Å²) in [6, 6.07) is 5.03. The van der Waals surface area contributed by atoms with Crippen LogP contribution in [0.2, 0.25) is 0 Å². The normalized spacial score (nSPS) is 12.2. The summed E-state index contributed by atoms with van der Waals surface area (Å²) in [6.45, 7) is 4.86. The smallest absolute Gasteiger partial charge is 0.237 e. The number of sulfonamides is 1. The first kappa shape index (κ1) is 15.4. The molecule has 18 heavy (non-hydrogen) atoms. The van der Waals surface area contributed by atoms with Crippen LogP contribution in [-0.4, -0.2) is 18.2 Å². The maximum atomic E-state index is 12.1. The first-order chi connectivity index (χ1) is 8.04. The van der Waals surface area contributed by atoms with Crippen LogP contribution in [0.3, 0.4) is 0 Å². The number of hydrogen-bond donors (Lipinski definition) is 2. The number of benzene rings is 1. The molecule has 4 nitrogen and oxygen atoms in total. The summed E-state index contributed by atoms with van der Waals surface area (Å²) < 4.78 is 26.5. The standard InChI is InChI=1S/C11H15BrN2O2S2/c1-11(2,3)18(15,16)14-9-5-4-7(12)6-8(9)10(13)17/h4-6,14H,1-3H3,(H2,13,17). The molecule has 3 N–H and O–H groups in total. The zero-order valence-electron chi connectivity index (χ0n) is 10.3. The predicted molar refractivity (Wildman–Crippen MR) is 82.3 cm³/mol. The lowest BCUT2D eigenvalue weighted by Crippen LogP contribution is -2.34. The Bertz CT molecular complexity index is 577. The number of thiocarbonyl (C=S) groups is 1. The fourth-order valence-corrected chi connectivity index (χ4v) is 2.41. The quantitative estimate of drug-likeness (QED) is 0.822. The van der Waals surface area contributed by atoms with Gasteiger partial charge in [-0.15, -0.1) is 0 Å². The molecule has 0 bridgehead atoms. The van der Waals surface area contributed by atoms with Crippen molar-refractivity contribution < 1.29 is 8.42 Å². The van der Waals surface area contributed by atoms with Crippen molar-refractivity contribution in [2.45, 2.75) is 25.5 Å². The van der Waals surface area contributed by atoms with E-state index in [1.165, 1.54) is 0 Å². The highest BCUT2D eigenvalue weighted by atomic mass is 79.9. The van der Waals surface area contributed by atoms with Gasteiger partial charge in [0, 0.05) is 10.0 Å². The first-order valence-electron chi connectivity index (χ1n) is 5.16. The minimum Gasteiger partial charge on any atom is -0.389 e. The summed E-state index contributed by atoms with van der Waals surface area (Å²) >= 11 is 8.21. The van der Waals surface area contributed by atoms with Gasteiger partial charge in [0.1, 0.15) is 4.99 Å². The Kier molecular flexibility index (Phi) is 4.40. The van der Waals surface area contributed by atoms with E-state index in [9.17, 15) is 8.42 Å². The van der Waals surface area contributed by atoms with Gasteiger partial charge in [0.15, 0.2) is 0 Å². The van der Waals surface area contributed by atoms with Crippen LogP contribution in [0.25, 0.3) is 0 Å². The number of nitrogens with one attached hydrogen (secondary N) is 1. The largest absolute Gasteiger partial charge is 0.389 e. The first-order valence-corrected chi connectivity index (χ1v) is 7.85. The summed E-state index contributed by atoms with van der Waals surface area (Å²) in [5, 5.41) is 0. The molecule has 0 aromatic heterocycles. The minimum absolute atomic E-state index is 0.142. The van der Waals surface area contributed by atoms with Crippen molar-refractivity contribution in [3.05, 3.63) is 28.2 Å². The molecule has 7 heteroatoms. The van der Waals surface area contributed by atoms with E-state index in [4.69, 9.17) is 18.0 Å². The second-order valence-corrected chi connectivity index (χ2v) is 8.56. The number of hydrogen-bond acceptors (Lipinski definition) is 3. The van der Waals surface area contributed by atoms with E-state index in [0.717, 1.165) is 4.47 Å². The third kappa shape index (κ3) is 3.43. The van der Waals surface area contributed by atoms with Crippen LogP contribution in [0.5, 0.6) is 0 Å². The van der Waals surface area contributed by atoms with Crippen LogP contribution in [0.15, 0.2) is 22.7 Å². The Labute approximate surface area is 121 Å². The maximum Gasteiger partial charge on any atom is 0.237 e. The molecule has 0 unspecified atom stereocenters. The highest BCUT2D eigenvalue weighted by molar-refractivity contribution is 9.10.